The van der Waals surface area contributed by atoms with Crippen molar-refractivity contribution in [3.05, 3.63) is 64.3 Å². The number of hydrogen-bond acceptors (Lipinski definition) is 5. The molecule has 0 spiro atoms. The molecule has 0 radical (unpaired) electrons. The Hall–Kier alpha value is -2.74. The van der Waals surface area contributed by atoms with E-state index in [2.05, 4.69) is 11.9 Å². The molecule has 3 heterocycles. The van der Waals surface area contributed by atoms with Gasteiger partial charge in [-0.1, -0.05) is 37.1 Å². The molecule has 0 bridgehead atoms. The number of unbranched alkanes of at least 4 members (excludes halogenated alkanes) is 1. The van der Waals surface area contributed by atoms with Crippen molar-refractivity contribution < 1.29 is 23.7 Å². The molecule has 0 aliphatic carbocycles. The maximum atomic E-state index is 13.1. The normalized spacial score (nSPS) is 18.3. The Morgan fingerprint density at radius 3 is 2.74 bits per heavy atom. The summed E-state index contributed by atoms with van der Waals surface area (Å²) in [5.74, 6) is 0.722. The average molecular weight is 485 g/mol. The summed E-state index contributed by atoms with van der Waals surface area (Å²) in [7, 11) is 0. The first-order valence-corrected chi connectivity index (χ1v) is 12.2. The Balaban J connectivity index is 1.44. The summed E-state index contributed by atoms with van der Waals surface area (Å²) < 4.78 is 22.3. The van der Waals surface area contributed by atoms with Crippen LogP contribution in [0.4, 0.5) is 4.79 Å². The summed E-state index contributed by atoms with van der Waals surface area (Å²) in [6, 6.07) is 13.4. The second-order valence-corrected chi connectivity index (χ2v) is 9.01. The zero-order chi connectivity index (χ0) is 23.5. The number of carbonyl (C=O) groups is 1. The van der Waals surface area contributed by atoms with Gasteiger partial charge in [0.2, 0.25) is 0 Å². The van der Waals surface area contributed by atoms with Gasteiger partial charge in [0.25, 0.3) is 0 Å². The lowest BCUT2D eigenvalue weighted by Gasteiger charge is -2.35. The second-order valence-electron chi connectivity index (χ2n) is 8.57. The predicted octanol–water partition coefficient (Wildman–Crippen LogP) is 5.46. The fourth-order valence-electron chi connectivity index (χ4n) is 4.60. The molecule has 7 nitrogen and oxygen atoms in total. The Labute approximate surface area is 203 Å². The van der Waals surface area contributed by atoms with E-state index in [4.69, 9.17) is 30.5 Å². The minimum atomic E-state index is -0.327. The largest absolute Gasteiger partial charge is 0.488 e. The van der Waals surface area contributed by atoms with Crippen molar-refractivity contribution in [3.63, 3.8) is 0 Å². The summed E-state index contributed by atoms with van der Waals surface area (Å²) in [5.41, 5.74) is 4.18. The molecular formula is C26H29ClN2O5. The molecule has 180 valence electrons. The molecule has 2 aromatic carbocycles. The molecule has 1 N–H and O–H groups in total. The van der Waals surface area contributed by atoms with Crippen LogP contribution in [0.25, 0.3) is 10.9 Å². The summed E-state index contributed by atoms with van der Waals surface area (Å²) in [6.07, 6.45) is 1.93. The first-order valence-electron chi connectivity index (χ1n) is 11.8. The standard InChI is InChI=1S/C26H29ClN2O5/c1-2-3-12-33-26(30)29-11-10-20-21-15-18(27)6-9-22(21)28-24(20)25(29)17-4-7-19(8-5-17)34-16-23-31-13-14-32-23/h4-9,15,23,25,28H,2-3,10-14,16H2,1H3. The number of nitrogens with zero attached hydrogens (tertiary/aromatic N) is 1. The third-order valence-corrected chi connectivity index (χ3v) is 6.55. The van der Waals surface area contributed by atoms with Crippen molar-refractivity contribution in [1.82, 2.24) is 9.88 Å². The van der Waals surface area contributed by atoms with Crippen molar-refractivity contribution >= 4 is 28.6 Å². The molecular weight excluding hydrogens is 456 g/mol. The van der Waals surface area contributed by atoms with Crippen LogP contribution in [-0.4, -0.2) is 55.2 Å². The van der Waals surface area contributed by atoms with E-state index in [0.717, 1.165) is 47.2 Å². The molecule has 8 heteroatoms. The van der Waals surface area contributed by atoms with E-state index in [1.165, 1.54) is 5.56 Å². The molecule has 5 rings (SSSR count). The quantitative estimate of drug-likeness (QED) is 0.451. The third-order valence-electron chi connectivity index (χ3n) is 6.32. The monoisotopic (exact) mass is 484 g/mol. The molecule has 0 saturated carbocycles. The average Bonchev–Trinajstić information content (AvgIpc) is 3.50. The van der Waals surface area contributed by atoms with E-state index in [0.29, 0.717) is 38.0 Å². The number of benzene rings is 2. The van der Waals surface area contributed by atoms with Gasteiger partial charge in [-0.05, 0) is 54.3 Å². The molecule has 1 amide bonds. The maximum absolute atomic E-state index is 13.1. The van der Waals surface area contributed by atoms with Gasteiger partial charge in [-0.15, -0.1) is 0 Å². The molecule has 1 unspecified atom stereocenters. The van der Waals surface area contributed by atoms with Gasteiger partial charge >= 0.3 is 6.09 Å². The molecule has 1 saturated heterocycles. The number of fused-ring (bicyclic) bond motifs is 3. The van der Waals surface area contributed by atoms with Gasteiger partial charge in [-0.2, -0.15) is 0 Å². The van der Waals surface area contributed by atoms with Gasteiger partial charge in [-0.25, -0.2) is 4.79 Å². The van der Waals surface area contributed by atoms with Crippen molar-refractivity contribution in [2.75, 3.05) is 33.0 Å². The first-order chi connectivity index (χ1) is 16.6. The molecule has 2 aliphatic heterocycles. The highest BCUT2D eigenvalue weighted by molar-refractivity contribution is 6.31. The van der Waals surface area contributed by atoms with Crippen LogP contribution in [0, 0.1) is 0 Å². The number of carbonyl (C=O) groups excluding carboxylic acids is 1. The SMILES string of the molecule is CCCCOC(=O)N1CCc2c([nH]c3ccc(Cl)cc23)C1c1ccc(OCC2OCCO2)cc1. The highest BCUT2D eigenvalue weighted by Gasteiger charge is 2.35. The molecule has 1 atom stereocenters. The fraction of sp³-hybridized carbons (Fsp3) is 0.423. The lowest BCUT2D eigenvalue weighted by Crippen LogP contribution is -2.41. The number of nitrogens with one attached hydrogen (secondary N) is 1. The Morgan fingerprint density at radius 2 is 1.97 bits per heavy atom. The van der Waals surface area contributed by atoms with Crippen LogP contribution < -0.4 is 4.74 Å². The first kappa shape index (κ1) is 23.0. The summed E-state index contributed by atoms with van der Waals surface area (Å²) in [6.45, 7) is 4.59. The number of hydrogen-bond donors (Lipinski definition) is 1. The topological polar surface area (TPSA) is 73.0 Å². The minimum Gasteiger partial charge on any atom is -0.488 e. The van der Waals surface area contributed by atoms with Crippen molar-refractivity contribution in [2.24, 2.45) is 0 Å². The third kappa shape index (κ3) is 4.73. The Bertz CT molecular complexity index is 1140. The Kier molecular flexibility index (Phi) is 6.94. The van der Waals surface area contributed by atoms with E-state index in [-0.39, 0.29) is 18.4 Å². The summed E-state index contributed by atoms with van der Waals surface area (Å²) in [5, 5.41) is 1.80. The molecule has 34 heavy (non-hydrogen) atoms. The van der Waals surface area contributed by atoms with Crippen molar-refractivity contribution in [3.8, 4) is 5.75 Å². The van der Waals surface area contributed by atoms with Gasteiger partial charge in [0, 0.05) is 28.2 Å². The Morgan fingerprint density at radius 1 is 1.18 bits per heavy atom. The van der Waals surface area contributed by atoms with Crippen molar-refractivity contribution in [1.29, 1.82) is 0 Å². The zero-order valence-electron chi connectivity index (χ0n) is 19.2. The number of ether oxygens (including phenoxy) is 4. The fourth-order valence-corrected chi connectivity index (χ4v) is 4.78. The van der Waals surface area contributed by atoms with E-state index in [9.17, 15) is 4.79 Å². The number of H-pyrrole nitrogens is 1. The van der Waals surface area contributed by atoms with Crippen LogP contribution in [0.5, 0.6) is 5.75 Å². The lowest BCUT2D eigenvalue weighted by atomic mass is 9.92. The number of rotatable bonds is 7. The summed E-state index contributed by atoms with van der Waals surface area (Å²) >= 11 is 6.29. The van der Waals surface area contributed by atoms with Gasteiger partial charge in [0.15, 0.2) is 6.29 Å². The molecule has 2 aliphatic rings. The molecule has 1 aromatic heterocycles. The van der Waals surface area contributed by atoms with Crippen LogP contribution in [-0.2, 0) is 20.6 Å². The maximum Gasteiger partial charge on any atom is 0.410 e. The molecule has 1 fully saturated rings. The lowest BCUT2D eigenvalue weighted by molar-refractivity contribution is -0.0684. The van der Waals surface area contributed by atoms with Crippen molar-refractivity contribution in [2.45, 2.75) is 38.5 Å². The number of aromatic amines is 1. The van der Waals surface area contributed by atoms with E-state index >= 15 is 0 Å². The number of aromatic nitrogens is 1. The minimum absolute atomic E-state index is 0.292. The van der Waals surface area contributed by atoms with E-state index < -0.39 is 0 Å². The van der Waals surface area contributed by atoms with Gasteiger partial charge in [-0.3, -0.25) is 4.90 Å². The smallest absolute Gasteiger partial charge is 0.410 e. The van der Waals surface area contributed by atoms with Crippen LogP contribution in [0.3, 0.4) is 0 Å². The van der Waals surface area contributed by atoms with Crippen LogP contribution >= 0.6 is 11.6 Å². The van der Waals surface area contributed by atoms with Gasteiger partial charge in [0.05, 0.1) is 19.8 Å². The highest BCUT2D eigenvalue weighted by Crippen LogP contribution is 2.39. The van der Waals surface area contributed by atoms with Crippen LogP contribution in [0.2, 0.25) is 5.02 Å². The van der Waals surface area contributed by atoms with Gasteiger partial charge in [0.1, 0.15) is 18.4 Å². The number of amides is 1. The zero-order valence-corrected chi connectivity index (χ0v) is 20.0. The molecule has 3 aromatic rings. The van der Waals surface area contributed by atoms with Gasteiger partial charge < -0.3 is 23.9 Å². The summed E-state index contributed by atoms with van der Waals surface area (Å²) in [4.78, 5) is 18.4. The van der Waals surface area contributed by atoms with Crippen LogP contribution in [0.15, 0.2) is 42.5 Å². The predicted molar refractivity (Wildman–Crippen MR) is 129 cm³/mol. The van der Waals surface area contributed by atoms with E-state index in [1.54, 1.807) is 0 Å². The number of halogens is 1. The van der Waals surface area contributed by atoms with E-state index in [1.807, 2.05) is 47.4 Å². The van der Waals surface area contributed by atoms with Crippen LogP contribution in [0.1, 0.15) is 42.6 Å². The second kappa shape index (κ2) is 10.3. The highest BCUT2D eigenvalue weighted by atomic mass is 35.5.